The molecule has 3 aromatic rings. The minimum atomic E-state index is -0.842. The van der Waals surface area contributed by atoms with E-state index in [1.54, 1.807) is 6.07 Å². The molecule has 0 aliphatic carbocycles. The van der Waals surface area contributed by atoms with Crippen molar-refractivity contribution in [3.63, 3.8) is 0 Å². The number of H-pyrrole nitrogens is 1. The van der Waals surface area contributed by atoms with Gasteiger partial charge in [-0.2, -0.15) is 5.10 Å². The number of aromatic nitrogens is 3. The summed E-state index contributed by atoms with van der Waals surface area (Å²) < 4.78 is 25.9. The van der Waals surface area contributed by atoms with Crippen LogP contribution in [0.3, 0.4) is 0 Å². The summed E-state index contributed by atoms with van der Waals surface area (Å²) in [5, 5.41) is 10.1. The van der Waals surface area contributed by atoms with Gasteiger partial charge in [-0.3, -0.25) is 5.10 Å². The van der Waals surface area contributed by atoms with Crippen LogP contribution in [0, 0.1) is 11.6 Å². The van der Waals surface area contributed by atoms with E-state index in [1.807, 2.05) is 30.3 Å². The molecule has 2 aromatic carbocycles. The predicted octanol–water partition coefficient (Wildman–Crippen LogP) is 3.04. The molecule has 22 heavy (non-hydrogen) atoms. The van der Waals surface area contributed by atoms with Gasteiger partial charge in [0.1, 0.15) is 5.82 Å². The van der Waals surface area contributed by atoms with Crippen molar-refractivity contribution >= 4 is 0 Å². The maximum Gasteiger partial charge on any atom is 0.181 e. The van der Waals surface area contributed by atoms with Crippen LogP contribution in [0.25, 0.3) is 11.4 Å². The Bertz CT molecular complexity index is 756. The van der Waals surface area contributed by atoms with Crippen molar-refractivity contribution < 1.29 is 8.78 Å². The minimum absolute atomic E-state index is 0.415. The van der Waals surface area contributed by atoms with Crippen molar-refractivity contribution in [2.75, 3.05) is 0 Å². The molecule has 112 valence electrons. The smallest absolute Gasteiger partial charge is 0.181 e. The van der Waals surface area contributed by atoms with Crippen molar-refractivity contribution in [1.82, 2.24) is 20.5 Å². The van der Waals surface area contributed by atoms with Crippen LogP contribution in [0.4, 0.5) is 8.78 Å². The molecule has 0 saturated carbocycles. The number of nitrogens with one attached hydrogen (secondary N) is 2. The molecule has 1 aromatic heterocycles. The first kappa shape index (κ1) is 14.3. The minimum Gasteiger partial charge on any atom is -0.306 e. The van der Waals surface area contributed by atoms with Gasteiger partial charge in [-0.15, -0.1) is 0 Å². The van der Waals surface area contributed by atoms with Crippen LogP contribution in [-0.4, -0.2) is 15.2 Å². The molecular weight excluding hydrogens is 286 g/mol. The summed E-state index contributed by atoms with van der Waals surface area (Å²) in [5.41, 5.74) is 1.60. The molecule has 6 heteroatoms. The van der Waals surface area contributed by atoms with Gasteiger partial charge < -0.3 is 5.32 Å². The second-order valence-electron chi connectivity index (χ2n) is 4.82. The summed E-state index contributed by atoms with van der Waals surface area (Å²) >= 11 is 0. The third-order valence-electron chi connectivity index (χ3n) is 3.17. The van der Waals surface area contributed by atoms with Crippen LogP contribution in [-0.2, 0) is 13.1 Å². The highest BCUT2D eigenvalue weighted by Gasteiger charge is 2.06. The van der Waals surface area contributed by atoms with Crippen molar-refractivity contribution in [3.05, 3.63) is 71.6 Å². The Labute approximate surface area is 126 Å². The zero-order valence-corrected chi connectivity index (χ0v) is 11.7. The maximum atomic E-state index is 13.1. The number of aromatic amines is 1. The van der Waals surface area contributed by atoms with Gasteiger partial charge in [0, 0.05) is 12.1 Å². The molecule has 0 amide bonds. The van der Waals surface area contributed by atoms with Gasteiger partial charge in [-0.25, -0.2) is 13.8 Å². The number of benzene rings is 2. The van der Waals surface area contributed by atoms with Gasteiger partial charge in [-0.05, 0) is 17.7 Å². The number of rotatable bonds is 5. The molecule has 1 heterocycles. The molecule has 0 radical (unpaired) electrons. The van der Waals surface area contributed by atoms with Crippen molar-refractivity contribution in [3.8, 4) is 11.4 Å². The van der Waals surface area contributed by atoms with Crippen molar-refractivity contribution in [2.45, 2.75) is 13.1 Å². The monoisotopic (exact) mass is 300 g/mol. The van der Waals surface area contributed by atoms with E-state index < -0.39 is 11.6 Å². The van der Waals surface area contributed by atoms with E-state index in [9.17, 15) is 8.78 Å². The van der Waals surface area contributed by atoms with Gasteiger partial charge in [-0.1, -0.05) is 36.4 Å². The number of hydrogen-bond acceptors (Lipinski definition) is 3. The molecule has 3 rings (SSSR count). The Morgan fingerprint density at radius 1 is 0.955 bits per heavy atom. The molecule has 0 aliphatic heterocycles. The molecule has 0 spiro atoms. The van der Waals surface area contributed by atoms with E-state index in [0.717, 1.165) is 11.6 Å². The van der Waals surface area contributed by atoms with Crippen molar-refractivity contribution in [2.24, 2.45) is 0 Å². The normalized spacial score (nSPS) is 10.8. The molecule has 4 nitrogen and oxygen atoms in total. The summed E-state index contributed by atoms with van der Waals surface area (Å²) in [4.78, 5) is 4.38. The average Bonchev–Trinajstić information content (AvgIpc) is 3.01. The lowest BCUT2D eigenvalue weighted by atomic mass is 10.2. The first-order valence-electron chi connectivity index (χ1n) is 6.84. The topological polar surface area (TPSA) is 53.6 Å². The molecule has 0 fully saturated rings. The second kappa shape index (κ2) is 6.44. The zero-order chi connectivity index (χ0) is 15.4. The van der Waals surface area contributed by atoms with Crippen LogP contribution in [0.2, 0.25) is 0 Å². The Balaban J connectivity index is 1.58. The molecule has 0 bridgehead atoms. The molecule has 0 saturated heterocycles. The number of hydrogen-bond donors (Lipinski definition) is 2. The predicted molar refractivity (Wildman–Crippen MR) is 78.7 cm³/mol. The lowest BCUT2D eigenvalue weighted by Crippen LogP contribution is -2.14. The Morgan fingerprint density at radius 3 is 2.55 bits per heavy atom. The summed E-state index contributed by atoms with van der Waals surface area (Å²) in [6.45, 7) is 0.872. The van der Waals surface area contributed by atoms with Crippen LogP contribution < -0.4 is 5.32 Å². The zero-order valence-electron chi connectivity index (χ0n) is 11.7. The van der Waals surface area contributed by atoms with Gasteiger partial charge in [0.25, 0.3) is 0 Å². The molecular formula is C16H14F2N4. The summed E-state index contributed by atoms with van der Waals surface area (Å²) in [6, 6.07) is 13.5. The lowest BCUT2D eigenvalue weighted by Gasteiger charge is -2.03. The summed E-state index contributed by atoms with van der Waals surface area (Å²) in [5.74, 6) is -0.372. The van der Waals surface area contributed by atoms with E-state index in [2.05, 4.69) is 20.5 Å². The Hall–Kier alpha value is -2.60. The van der Waals surface area contributed by atoms with E-state index in [1.165, 1.54) is 6.07 Å². The fraction of sp³-hybridized carbons (Fsp3) is 0.125. The van der Waals surface area contributed by atoms with E-state index in [0.29, 0.717) is 30.3 Å². The highest BCUT2D eigenvalue weighted by atomic mass is 19.2. The molecule has 2 N–H and O–H groups in total. The highest BCUT2D eigenvalue weighted by Crippen LogP contribution is 2.13. The standard InChI is InChI=1S/C16H14F2N4/c17-13-7-6-11(8-14(13)18)9-19-10-15-20-16(22-21-15)12-4-2-1-3-5-12/h1-8,19H,9-10H2,(H,20,21,22). The fourth-order valence-corrected chi connectivity index (χ4v) is 2.07. The first-order chi connectivity index (χ1) is 10.7. The molecule has 0 aliphatic rings. The third kappa shape index (κ3) is 3.35. The highest BCUT2D eigenvalue weighted by molar-refractivity contribution is 5.53. The van der Waals surface area contributed by atoms with Crippen LogP contribution >= 0.6 is 0 Å². The quantitative estimate of drug-likeness (QED) is 0.761. The van der Waals surface area contributed by atoms with Crippen LogP contribution in [0.1, 0.15) is 11.4 Å². The Kier molecular flexibility index (Phi) is 4.20. The van der Waals surface area contributed by atoms with Gasteiger partial charge in [0.2, 0.25) is 0 Å². The van der Waals surface area contributed by atoms with Crippen molar-refractivity contribution in [1.29, 1.82) is 0 Å². The van der Waals surface area contributed by atoms with E-state index >= 15 is 0 Å². The largest absolute Gasteiger partial charge is 0.306 e. The maximum absolute atomic E-state index is 13.1. The summed E-state index contributed by atoms with van der Waals surface area (Å²) in [7, 11) is 0. The molecule has 0 atom stereocenters. The fourth-order valence-electron chi connectivity index (χ4n) is 2.07. The van der Waals surface area contributed by atoms with E-state index in [4.69, 9.17) is 0 Å². The average molecular weight is 300 g/mol. The third-order valence-corrected chi connectivity index (χ3v) is 3.17. The van der Waals surface area contributed by atoms with Crippen LogP contribution in [0.15, 0.2) is 48.5 Å². The van der Waals surface area contributed by atoms with Gasteiger partial charge in [0.15, 0.2) is 17.5 Å². The van der Waals surface area contributed by atoms with Crippen LogP contribution in [0.5, 0.6) is 0 Å². The Morgan fingerprint density at radius 2 is 1.77 bits per heavy atom. The lowest BCUT2D eigenvalue weighted by molar-refractivity contribution is 0.506. The number of nitrogens with zero attached hydrogens (tertiary/aromatic N) is 2. The number of halogens is 2. The SMILES string of the molecule is Fc1ccc(CNCc2nc(-c3ccccc3)n[nH]2)cc1F. The molecule has 0 unspecified atom stereocenters. The van der Waals surface area contributed by atoms with E-state index in [-0.39, 0.29) is 0 Å². The summed E-state index contributed by atoms with van der Waals surface area (Å²) in [6.07, 6.45) is 0. The first-order valence-corrected chi connectivity index (χ1v) is 6.84. The van der Waals surface area contributed by atoms with Gasteiger partial charge in [0.05, 0.1) is 6.54 Å². The van der Waals surface area contributed by atoms with Gasteiger partial charge >= 0.3 is 0 Å². The second-order valence-corrected chi connectivity index (χ2v) is 4.82.